The Hall–Kier alpha value is -2.17. The Balaban J connectivity index is 1.73. The van der Waals surface area contributed by atoms with E-state index in [2.05, 4.69) is 56.9 Å². The van der Waals surface area contributed by atoms with E-state index in [0.717, 1.165) is 27.5 Å². The molecule has 126 valence electrons. The summed E-state index contributed by atoms with van der Waals surface area (Å²) in [6.07, 6.45) is 1.92. The molecule has 0 aliphatic carbocycles. The van der Waals surface area contributed by atoms with Gasteiger partial charge in [0.15, 0.2) is 0 Å². The third-order valence-corrected chi connectivity index (χ3v) is 5.34. The number of hydrogen-bond donors (Lipinski definition) is 0. The van der Waals surface area contributed by atoms with Gasteiger partial charge in [-0.25, -0.2) is 0 Å². The number of hydrogen-bond acceptors (Lipinski definition) is 3. The zero-order valence-corrected chi connectivity index (χ0v) is 15.1. The van der Waals surface area contributed by atoms with Crippen molar-refractivity contribution < 1.29 is 9.31 Å². The number of pyridine rings is 1. The molecule has 0 unspecified atom stereocenters. The first-order valence-electron chi connectivity index (χ1n) is 8.66. The van der Waals surface area contributed by atoms with Crippen LogP contribution in [0.2, 0.25) is 0 Å². The Morgan fingerprint density at radius 1 is 0.800 bits per heavy atom. The second-order valence-electron chi connectivity index (χ2n) is 7.63. The maximum Gasteiger partial charge on any atom is 0.494 e. The van der Waals surface area contributed by atoms with Crippen molar-refractivity contribution >= 4 is 23.5 Å². The van der Waals surface area contributed by atoms with Gasteiger partial charge in [0.2, 0.25) is 0 Å². The lowest BCUT2D eigenvalue weighted by molar-refractivity contribution is 0.00578. The van der Waals surface area contributed by atoms with Crippen molar-refractivity contribution in [2.45, 2.75) is 38.9 Å². The number of rotatable bonds is 2. The average Bonchev–Trinajstić information content (AvgIpc) is 2.82. The predicted molar refractivity (Wildman–Crippen MR) is 103 cm³/mol. The van der Waals surface area contributed by atoms with E-state index in [1.807, 2.05) is 36.5 Å². The summed E-state index contributed by atoms with van der Waals surface area (Å²) in [5.74, 6) is 0. The van der Waals surface area contributed by atoms with Crippen LogP contribution >= 0.6 is 0 Å². The van der Waals surface area contributed by atoms with E-state index in [4.69, 9.17) is 9.31 Å². The molecule has 0 atom stereocenters. The molecule has 4 heteroatoms. The second kappa shape index (κ2) is 5.68. The van der Waals surface area contributed by atoms with Gasteiger partial charge in [-0.15, -0.1) is 0 Å². The number of aromatic nitrogens is 1. The highest BCUT2D eigenvalue weighted by Gasteiger charge is 2.51. The molecule has 0 N–H and O–H groups in total. The normalized spacial score (nSPS) is 18.6. The predicted octanol–water partition coefficient (Wildman–Crippen LogP) is 4.20. The quantitative estimate of drug-likeness (QED) is 0.660. The molecule has 1 aliphatic rings. The first-order valence-corrected chi connectivity index (χ1v) is 8.66. The summed E-state index contributed by atoms with van der Waals surface area (Å²) in [5.41, 5.74) is 3.60. The fourth-order valence-corrected chi connectivity index (χ4v) is 3.06. The van der Waals surface area contributed by atoms with Crippen molar-refractivity contribution in [1.29, 1.82) is 0 Å². The standard InChI is InChI=1S/C21H22BNO2/c1-20(2)21(3,4)25-22(24-20)18-10-11-19-16(13-18)12-17(14-23-19)15-8-6-5-7-9-15/h5-14H,1-4H3. The van der Waals surface area contributed by atoms with Crippen LogP contribution in [0.1, 0.15) is 27.7 Å². The fourth-order valence-electron chi connectivity index (χ4n) is 3.06. The summed E-state index contributed by atoms with van der Waals surface area (Å²) in [7, 11) is -0.352. The summed E-state index contributed by atoms with van der Waals surface area (Å²) >= 11 is 0. The van der Waals surface area contributed by atoms with Crippen LogP contribution in [-0.4, -0.2) is 23.3 Å². The minimum absolute atomic E-state index is 0.337. The highest BCUT2D eigenvalue weighted by molar-refractivity contribution is 6.62. The molecule has 1 aliphatic heterocycles. The van der Waals surface area contributed by atoms with E-state index in [9.17, 15) is 0 Å². The summed E-state index contributed by atoms with van der Waals surface area (Å²) in [4.78, 5) is 4.60. The number of benzene rings is 2. The number of nitrogens with zero attached hydrogens (tertiary/aromatic N) is 1. The van der Waals surface area contributed by atoms with E-state index >= 15 is 0 Å². The van der Waals surface area contributed by atoms with E-state index in [-0.39, 0.29) is 18.3 Å². The SMILES string of the molecule is CC1(C)OB(c2ccc3ncc(-c4ccccc4)cc3c2)OC1(C)C. The van der Waals surface area contributed by atoms with Crippen LogP contribution in [-0.2, 0) is 9.31 Å². The van der Waals surface area contributed by atoms with Crippen LogP contribution in [0.5, 0.6) is 0 Å². The summed E-state index contributed by atoms with van der Waals surface area (Å²) in [6.45, 7) is 8.29. The molecule has 0 saturated carbocycles. The van der Waals surface area contributed by atoms with Gasteiger partial charge in [0.05, 0.1) is 16.7 Å². The third kappa shape index (κ3) is 2.86. The highest BCUT2D eigenvalue weighted by atomic mass is 16.7. The molecule has 1 aromatic heterocycles. The third-order valence-electron chi connectivity index (χ3n) is 5.34. The van der Waals surface area contributed by atoms with Crippen molar-refractivity contribution in [3.8, 4) is 11.1 Å². The average molecular weight is 331 g/mol. The van der Waals surface area contributed by atoms with Gasteiger partial charge < -0.3 is 9.31 Å². The van der Waals surface area contributed by atoms with Gasteiger partial charge in [0.1, 0.15) is 0 Å². The van der Waals surface area contributed by atoms with Gasteiger partial charge in [0.25, 0.3) is 0 Å². The summed E-state index contributed by atoms with van der Waals surface area (Å²) in [5, 5.41) is 1.09. The summed E-state index contributed by atoms with van der Waals surface area (Å²) < 4.78 is 12.3. The highest BCUT2D eigenvalue weighted by Crippen LogP contribution is 2.36. The molecule has 0 bridgehead atoms. The van der Waals surface area contributed by atoms with Gasteiger partial charge in [-0.1, -0.05) is 42.5 Å². The molecule has 25 heavy (non-hydrogen) atoms. The summed E-state index contributed by atoms with van der Waals surface area (Å²) in [6, 6.07) is 18.7. The van der Waals surface area contributed by atoms with Gasteiger partial charge in [-0.05, 0) is 50.9 Å². The lowest BCUT2D eigenvalue weighted by Crippen LogP contribution is -2.41. The molecule has 3 aromatic rings. The lowest BCUT2D eigenvalue weighted by Gasteiger charge is -2.32. The van der Waals surface area contributed by atoms with E-state index in [1.54, 1.807) is 0 Å². The minimum atomic E-state index is -0.352. The first-order chi connectivity index (χ1) is 11.9. The van der Waals surface area contributed by atoms with Crippen molar-refractivity contribution in [2.24, 2.45) is 0 Å². The van der Waals surface area contributed by atoms with E-state index in [1.165, 1.54) is 0 Å². The molecule has 2 heterocycles. The van der Waals surface area contributed by atoms with E-state index in [0.29, 0.717) is 0 Å². The van der Waals surface area contributed by atoms with Crippen LogP contribution in [0.4, 0.5) is 0 Å². The van der Waals surface area contributed by atoms with Crippen molar-refractivity contribution in [2.75, 3.05) is 0 Å². The molecule has 3 nitrogen and oxygen atoms in total. The van der Waals surface area contributed by atoms with Crippen molar-refractivity contribution in [3.05, 3.63) is 60.8 Å². The minimum Gasteiger partial charge on any atom is -0.399 e. The van der Waals surface area contributed by atoms with Crippen molar-refractivity contribution in [3.63, 3.8) is 0 Å². The van der Waals surface area contributed by atoms with E-state index < -0.39 is 0 Å². The largest absolute Gasteiger partial charge is 0.494 e. The van der Waals surface area contributed by atoms with Crippen LogP contribution in [0, 0.1) is 0 Å². The topological polar surface area (TPSA) is 31.4 Å². The molecular formula is C21H22BNO2. The maximum absolute atomic E-state index is 6.17. The molecule has 1 fully saturated rings. The zero-order chi connectivity index (χ0) is 17.7. The lowest BCUT2D eigenvalue weighted by atomic mass is 9.78. The molecule has 0 spiro atoms. The molecule has 2 aromatic carbocycles. The van der Waals surface area contributed by atoms with Crippen LogP contribution in [0.3, 0.4) is 0 Å². The van der Waals surface area contributed by atoms with Crippen LogP contribution in [0.25, 0.3) is 22.0 Å². The fraction of sp³-hybridized carbons (Fsp3) is 0.286. The Labute approximate surface area is 149 Å². The monoisotopic (exact) mass is 331 g/mol. The Kier molecular flexibility index (Phi) is 3.71. The smallest absolute Gasteiger partial charge is 0.399 e. The molecule has 4 rings (SSSR count). The number of fused-ring (bicyclic) bond motifs is 1. The van der Waals surface area contributed by atoms with Gasteiger partial charge in [-0.3, -0.25) is 4.98 Å². The van der Waals surface area contributed by atoms with Gasteiger partial charge in [-0.2, -0.15) is 0 Å². The molecule has 1 saturated heterocycles. The molecule has 0 radical (unpaired) electrons. The Morgan fingerprint density at radius 2 is 1.48 bits per heavy atom. The Bertz CT molecular complexity index is 906. The Morgan fingerprint density at radius 3 is 2.16 bits per heavy atom. The molecular weight excluding hydrogens is 309 g/mol. The molecule has 0 amide bonds. The van der Waals surface area contributed by atoms with Gasteiger partial charge in [0, 0.05) is 17.1 Å². The zero-order valence-electron chi connectivity index (χ0n) is 15.1. The second-order valence-corrected chi connectivity index (χ2v) is 7.63. The maximum atomic E-state index is 6.17. The van der Waals surface area contributed by atoms with Crippen LogP contribution < -0.4 is 5.46 Å². The first kappa shape index (κ1) is 16.3. The van der Waals surface area contributed by atoms with Crippen molar-refractivity contribution in [1.82, 2.24) is 4.98 Å². The van der Waals surface area contributed by atoms with Crippen LogP contribution in [0.15, 0.2) is 60.8 Å². The van der Waals surface area contributed by atoms with Gasteiger partial charge >= 0.3 is 7.12 Å².